The van der Waals surface area contributed by atoms with Gasteiger partial charge in [0.1, 0.15) is 17.6 Å². The maximum atomic E-state index is 13.8. The van der Waals surface area contributed by atoms with Crippen LogP contribution >= 0.6 is 0 Å². The summed E-state index contributed by atoms with van der Waals surface area (Å²) in [6.45, 7) is 2.57. The number of amides is 2. The highest BCUT2D eigenvalue weighted by Gasteiger charge is 2.35. The Morgan fingerprint density at radius 2 is 1.96 bits per heavy atom. The molecule has 46 heavy (non-hydrogen) atoms. The quantitative estimate of drug-likeness (QED) is 0.276. The molecule has 0 saturated carbocycles. The minimum Gasteiger partial charge on any atom is -0.484 e. The minimum absolute atomic E-state index is 0.0586. The van der Waals surface area contributed by atoms with Crippen molar-refractivity contribution in [2.24, 2.45) is 0 Å². The van der Waals surface area contributed by atoms with Gasteiger partial charge < -0.3 is 24.8 Å². The normalized spacial score (nSPS) is 18.7. The van der Waals surface area contributed by atoms with Crippen LogP contribution < -0.4 is 20.1 Å². The SMILES string of the molecule is C[C@H](NC(=O)C(C)(F)F)[C@H](Oc1ccc2c(cnn2-c2cccc(C(=O)NC3CCS(=O)(=O)C3)c2)c1)c1ccc2c(c1)OCOC2. The number of carbonyl (C=O) groups is 2. The summed E-state index contributed by atoms with van der Waals surface area (Å²) in [5.41, 5.74) is 3.12. The number of halogens is 2. The zero-order valence-electron chi connectivity index (χ0n) is 25.0. The number of fused-ring (bicyclic) bond motifs is 2. The van der Waals surface area contributed by atoms with Crippen molar-refractivity contribution in [2.75, 3.05) is 18.3 Å². The van der Waals surface area contributed by atoms with Crippen LogP contribution in [0.1, 0.15) is 47.9 Å². The molecule has 242 valence electrons. The Morgan fingerprint density at radius 1 is 1.13 bits per heavy atom. The van der Waals surface area contributed by atoms with E-state index < -0.39 is 39.9 Å². The van der Waals surface area contributed by atoms with E-state index in [0.29, 0.717) is 59.2 Å². The standard InChI is InChI=1S/C32H32F2N4O7S/c1-19(36-31(40)32(2,33)34)29(20-6-7-22-16-43-18-44-28(22)14-20)45-26-8-9-27-23(13-26)15-35-38(27)25-5-3-4-21(12-25)30(39)37-24-10-11-46(41,42)17-24/h3-9,12-15,19,24,29H,10-11,16-18H2,1-2H3,(H,36,40)(H,37,39)/t19-,24?,29-/m0/s1. The zero-order chi connectivity index (χ0) is 32.6. The molecule has 3 atom stereocenters. The maximum Gasteiger partial charge on any atom is 0.321 e. The molecular weight excluding hydrogens is 622 g/mol. The molecule has 0 spiro atoms. The smallest absolute Gasteiger partial charge is 0.321 e. The van der Waals surface area contributed by atoms with Gasteiger partial charge in [-0.15, -0.1) is 0 Å². The molecule has 1 fully saturated rings. The lowest BCUT2D eigenvalue weighted by atomic mass is 10.00. The van der Waals surface area contributed by atoms with Gasteiger partial charge >= 0.3 is 5.92 Å². The van der Waals surface area contributed by atoms with Crippen LogP contribution in [0.3, 0.4) is 0 Å². The van der Waals surface area contributed by atoms with Crippen LogP contribution in [0.25, 0.3) is 16.6 Å². The predicted octanol–water partition coefficient (Wildman–Crippen LogP) is 4.09. The molecule has 1 saturated heterocycles. The molecule has 3 heterocycles. The first kappa shape index (κ1) is 31.4. The second-order valence-electron chi connectivity index (χ2n) is 11.6. The average molecular weight is 655 g/mol. The second-order valence-corrected chi connectivity index (χ2v) is 13.8. The number of aromatic nitrogens is 2. The van der Waals surface area contributed by atoms with Gasteiger partial charge in [-0.1, -0.05) is 18.2 Å². The number of benzene rings is 3. The molecule has 0 radical (unpaired) electrons. The van der Waals surface area contributed by atoms with E-state index >= 15 is 0 Å². The molecule has 4 aromatic rings. The summed E-state index contributed by atoms with van der Waals surface area (Å²) in [4.78, 5) is 25.1. The van der Waals surface area contributed by atoms with Gasteiger partial charge in [0.15, 0.2) is 16.6 Å². The van der Waals surface area contributed by atoms with E-state index in [1.807, 2.05) is 0 Å². The highest BCUT2D eigenvalue weighted by Crippen LogP contribution is 2.33. The van der Waals surface area contributed by atoms with Crippen molar-refractivity contribution in [3.05, 3.63) is 83.6 Å². The van der Waals surface area contributed by atoms with Crippen molar-refractivity contribution in [1.82, 2.24) is 20.4 Å². The van der Waals surface area contributed by atoms with Gasteiger partial charge in [0.2, 0.25) is 0 Å². The first-order valence-corrected chi connectivity index (χ1v) is 16.5. The van der Waals surface area contributed by atoms with Gasteiger partial charge in [0, 0.05) is 29.5 Å². The van der Waals surface area contributed by atoms with Crippen molar-refractivity contribution in [2.45, 2.75) is 51.0 Å². The summed E-state index contributed by atoms with van der Waals surface area (Å²) < 4.78 is 70.0. The lowest BCUT2D eigenvalue weighted by Crippen LogP contribution is -2.46. The van der Waals surface area contributed by atoms with Crippen LogP contribution in [0.15, 0.2) is 66.9 Å². The molecule has 0 aliphatic carbocycles. The monoisotopic (exact) mass is 654 g/mol. The summed E-state index contributed by atoms with van der Waals surface area (Å²) in [6, 6.07) is 16.1. The van der Waals surface area contributed by atoms with E-state index in [1.165, 1.54) is 0 Å². The number of nitrogens with zero attached hydrogens (tertiary/aromatic N) is 2. The summed E-state index contributed by atoms with van der Waals surface area (Å²) >= 11 is 0. The number of alkyl halides is 2. The fourth-order valence-electron chi connectivity index (χ4n) is 5.52. The third-order valence-corrected chi connectivity index (χ3v) is 9.68. The Balaban J connectivity index is 1.25. The molecule has 14 heteroatoms. The van der Waals surface area contributed by atoms with Crippen LogP contribution in [0.4, 0.5) is 8.78 Å². The number of sulfone groups is 1. The van der Waals surface area contributed by atoms with Crippen LogP contribution in [-0.4, -0.2) is 66.3 Å². The third kappa shape index (κ3) is 6.82. The highest BCUT2D eigenvalue weighted by atomic mass is 32.2. The first-order chi connectivity index (χ1) is 21.9. The predicted molar refractivity (Wildman–Crippen MR) is 164 cm³/mol. The van der Waals surface area contributed by atoms with Crippen LogP contribution in [0, 0.1) is 0 Å². The molecule has 2 N–H and O–H groups in total. The number of ether oxygens (including phenoxy) is 3. The second kappa shape index (κ2) is 12.3. The van der Waals surface area contributed by atoms with E-state index in [-0.39, 0.29) is 24.2 Å². The Kier molecular flexibility index (Phi) is 8.42. The number of hydrogen-bond donors (Lipinski definition) is 2. The molecular formula is C32H32F2N4O7S. The lowest BCUT2D eigenvalue weighted by molar-refractivity contribution is -0.144. The van der Waals surface area contributed by atoms with Crippen LogP contribution in [0.2, 0.25) is 0 Å². The molecule has 6 rings (SSSR count). The largest absolute Gasteiger partial charge is 0.484 e. The molecule has 3 aromatic carbocycles. The van der Waals surface area contributed by atoms with E-state index in [2.05, 4.69) is 15.7 Å². The number of rotatable bonds is 9. The Morgan fingerprint density at radius 3 is 2.72 bits per heavy atom. The molecule has 0 bridgehead atoms. The van der Waals surface area contributed by atoms with Gasteiger partial charge in [-0.2, -0.15) is 13.9 Å². The summed E-state index contributed by atoms with van der Waals surface area (Å²) in [6.07, 6.45) is 1.15. The van der Waals surface area contributed by atoms with Gasteiger partial charge in [0.25, 0.3) is 11.8 Å². The van der Waals surface area contributed by atoms with Crippen LogP contribution in [-0.2, 0) is 26.0 Å². The topological polar surface area (TPSA) is 138 Å². The molecule has 2 aliphatic rings. The van der Waals surface area contributed by atoms with E-state index in [4.69, 9.17) is 14.2 Å². The minimum atomic E-state index is -3.57. The Hall–Kier alpha value is -4.56. The van der Waals surface area contributed by atoms with E-state index in [9.17, 15) is 26.8 Å². The third-order valence-electron chi connectivity index (χ3n) is 7.91. The lowest BCUT2D eigenvalue weighted by Gasteiger charge is -2.28. The molecule has 1 unspecified atom stereocenters. The number of nitrogens with one attached hydrogen (secondary N) is 2. The summed E-state index contributed by atoms with van der Waals surface area (Å²) in [5, 5.41) is 10.4. The molecule has 2 amide bonds. The van der Waals surface area contributed by atoms with Gasteiger partial charge in [-0.05, 0) is 61.4 Å². The zero-order valence-corrected chi connectivity index (χ0v) is 25.9. The van der Waals surface area contributed by atoms with Crippen molar-refractivity contribution in [1.29, 1.82) is 0 Å². The average Bonchev–Trinajstić information content (AvgIpc) is 3.60. The van der Waals surface area contributed by atoms with Crippen molar-refractivity contribution < 1.29 is 41.0 Å². The van der Waals surface area contributed by atoms with E-state index in [0.717, 1.165) is 5.56 Å². The number of hydrogen-bond acceptors (Lipinski definition) is 8. The van der Waals surface area contributed by atoms with Gasteiger partial charge in [-0.25, -0.2) is 13.1 Å². The molecule has 2 aliphatic heterocycles. The highest BCUT2D eigenvalue weighted by molar-refractivity contribution is 7.91. The fraction of sp³-hybridized carbons (Fsp3) is 0.344. The summed E-state index contributed by atoms with van der Waals surface area (Å²) in [7, 11) is -3.14. The molecule has 1 aromatic heterocycles. The van der Waals surface area contributed by atoms with Crippen molar-refractivity contribution in [3.8, 4) is 17.2 Å². The van der Waals surface area contributed by atoms with Gasteiger partial charge in [0.05, 0.1) is 41.6 Å². The van der Waals surface area contributed by atoms with Gasteiger partial charge in [-0.3, -0.25) is 9.59 Å². The number of carbonyl (C=O) groups excluding carboxylic acids is 2. The van der Waals surface area contributed by atoms with Crippen LogP contribution in [0.5, 0.6) is 11.5 Å². The first-order valence-electron chi connectivity index (χ1n) is 14.6. The van der Waals surface area contributed by atoms with Crippen molar-refractivity contribution >= 4 is 32.6 Å². The Labute approximate surface area is 263 Å². The fourth-order valence-corrected chi connectivity index (χ4v) is 7.19. The summed E-state index contributed by atoms with van der Waals surface area (Å²) in [5.74, 6) is -4.39. The Bertz CT molecular complexity index is 1910. The van der Waals surface area contributed by atoms with Crippen molar-refractivity contribution in [3.63, 3.8) is 0 Å². The molecule has 11 nitrogen and oxygen atoms in total. The maximum absolute atomic E-state index is 13.8. The van der Waals surface area contributed by atoms with E-state index in [1.54, 1.807) is 78.5 Å².